The van der Waals surface area contributed by atoms with Gasteiger partial charge in [-0.2, -0.15) is 5.10 Å². The molecule has 0 unspecified atom stereocenters. The van der Waals surface area contributed by atoms with Gasteiger partial charge in [0.2, 0.25) is 0 Å². The molecule has 0 atom stereocenters. The van der Waals surface area contributed by atoms with Crippen LogP contribution in [0.4, 0.5) is 0 Å². The van der Waals surface area contributed by atoms with Crippen molar-refractivity contribution < 1.29 is 14.6 Å². The number of rotatable bonds is 8. The molecule has 0 saturated carbocycles. The molecule has 6 heteroatoms. The van der Waals surface area contributed by atoms with Crippen LogP contribution in [0.15, 0.2) is 52.0 Å². The third kappa shape index (κ3) is 5.90. The molecule has 0 aliphatic heterocycles. The summed E-state index contributed by atoms with van der Waals surface area (Å²) in [5, 5.41) is 13.7. The van der Waals surface area contributed by atoms with Crippen molar-refractivity contribution in [3.8, 4) is 11.5 Å². The molecule has 0 fully saturated rings. The van der Waals surface area contributed by atoms with E-state index in [1.165, 1.54) is 18.3 Å². The number of carbonyl (C=O) groups is 1. The summed E-state index contributed by atoms with van der Waals surface area (Å²) in [6.07, 6.45) is 4.80. The molecule has 0 aromatic heterocycles. The lowest BCUT2D eigenvalue weighted by atomic mass is 10.2. The number of amides is 1. The number of para-hydroxylation sites is 1. The van der Waals surface area contributed by atoms with E-state index in [1.807, 2.05) is 24.3 Å². The summed E-state index contributed by atoms with van der Waals surface area (Å²) in [4.78, 5) is 12.1. The van der Waals surface area contributed by atoms with Gasteiger partial charge in [-0.15, -0.1) is 0 Å². The summed E-state index contributed by atoms with van der Waals surface area (Å²) in [7, 11) is 0. The van der Waals surface area contributed by atoms with Crippen molar-refractivity contribution in [2.75, 3.05) is 6.61 Å². The summed E-state index contributed by atoms with van der Waals surface area (Å²) in [5.74, 6) is 0.133. The molecule has 0 spiro atoms. The Morgan fingerprint density at radius 1 is 1.28 bits per heavy atom. The van der Waals surface area contributed by atoms with Crippen molar-refractivity contribution in [2.24, 2.45) is 5.10 Å². The first kappa shape index (κ1) is 19.0. The van der Waals surface area contributed by atoms with E-state index in [4.69, 9.17) is 4.74 Å². The van der Waals surface area contributed by atoms with Crippen LogP contribution in [0.25, 0.3) is 0 Å². The standard InChI is InChI=1S/C19H21BrN2O3/c1-2-3-6-11-25-18-8-5-4-7-14(18)13-21-22-19(24)16-12-15(20)9-10-17(16)23/h4-5,7-10,12-13,23H,2-3,6,11H2,1H3,(H,22,24)/b21-13+. The number of halogens is 1. The van der Waals surface area contributed by atoms with Gasteiger partial charge in [0.1, 0.15) is 11.5 Å². The lowest BCUT2D eigenvalue weighted by Crippen LogP contribution is -2.17. The number of ether oxygens (including phenoxy) is 1. The zero-order valence-electron chi connectivity index (χ0n) is 14.0. The van der Waals surface area contributed by atoms with Gasteiger partial charge in [0.25, 0.3) is 5.91 Å². The van der Waals surface area contributed by atoms with Crippen LogP contribution >= 0.6 is 15.9 Å². The second-order valence-electron chi connectivity index (χ2n) is 5.45. The number of nitrogens with zero attached hydrogens (tertiary/aromatic N) is 1. The van der Waals surface area contributed by atoms with Crippen LogP contribution in [0.1, 0.15) is 42.1 Å². The van der Waals surface area contributed by atoms with E-state index in [1.54, 1.807) is 6.07 Å². The number of aromatic hydroxyl groups is 1. The Balaban J connectivity index is 1.99. The van der Waals surface area contributed by atoms with Gasteiger partial charge >= 0.3 is 0 Å². The van der Waals surface area contributed by atoms with Crippen LogP contribution in [-0.2, 0) is 0 Å². The molecular formula is C19H21BrN2O3. The Labute approximate surface area is 155 Å². The summed E-state index contributed by atoms with van der Waals surface area (Å²) in [5.41, 5.74) is 3.34. The predicted molar refractivity (Wildman–Crippen MR) is 102 cm³/mol. The summed E-state index contributed by atoms with van der Waals surface area (Å²) in [6.45, 7) is 2.79. The molecule has 132 valence electrons. The molecule has 0 radical (unpaired) electrons. The van der Waals surface area contributed by atoms with Crippen molar-refractivity contribution in [3.63, 3.8) is 0 Å². The highest BCUT2D eigenvalue weighted by molar-refractivity contribution is 9.10. The first-order valence-corrected chi connectivity index (χ1v) is 8.95. The van der Waals surface area contributed by atoms with Crippen LogP contribution in [0.3, 0.4) is 0 Å². The summed E-state index contributed by atoms with van der Waals surface area (Å²) < 4.78 is 6.47. The van der Waals surface area contributed by atoms with Crippen molar-refractivity contribution in [2.45, 2.75) is 26.2 Å². The lowest BCUT2D eigenvalue weighted by Gasteiger charge is -2.08. The SMILES string of the molecule is CCCCCOc1ccccc1/C=N/NC(=O)c1cc(Br)ccc1O. The topological polar surface area (TPSA) is 70.9 Å². The fourth-order valence-electron chi connectivity index (χ4n) is 2.16. The lowest BCUT2D eigenvalue weighted by molar-refractivity contribution is 0.0952. The molecule has 2 N–H and O–H groups in total. The van der Waals surface area contributed by atoms with E-state index in [9.17, 15) is 9.90 Å². The molecule has 25 heavy (non-hydrogen) atoms. The molecule has 0 bridgehead atoms. The maximum Gasteiger partial charge on any atom is 0.275 e. The third-order valence-corrected chi connectivity index (χ3v) is 3.99. The largest absolute Gasteiger partial charge is 0.507 e. The maximum atomic E-state index is 12.1. The Morgan fingerprint density at radius 3 is 2.88 bits per heavy atom. The molecule has 2 aromatic carbocycles. The monoisotopic (exact) mass is 404 g/mol. The number of unbranched alkanes of at least 4 members (excludes halogenated alkanes) is 2. The van der Waals surface area contributed by atoms with E-state index < -0.39 is 5.91 Å². The fourth-order valence-corrected chi connectivity index (χ4v) is 2.52. The maximum absolute atomic E-state index is 12.1. The Hall–Kier alpha value is -2.34. The van der Waals surface area contributed by atoms with E-state index in [-0.39, 0.29) is 11.3 Å². The first-order valence-electron chi connectivity index (χ1n) is 8.15. The number of phenols is 1. The van der Waals surface area contributed by atoms with Crippen LogP contribution in [0, 0.1) is 0 Å². The average molecular weight is 405 g/mol. The highest BCUT2D eigenvalue weighted by Crippen LogP contribution is 2.21. The number of hydrogen-bond donors (Lipinski definition) is 2. The minimum absolute atomic E-state index is 0.101. The number of carbonyl (C=O) groups excluding carboxylic acids is 1. The van der Waals surface area contributed by atoms with Crippen molar-refractivity contribution in [3.05, 3.63) is 58.1 Å². The molecule has 0 heterocycles. The average Bonchev–Trinajstić information content (AvgIpc) is 2.62. The van der Waals surface area contributed by atoms with Crippen molar-refractivity contribution >= 4 is 28.1 Å². The van der Waals surface area contributed by atoms with Crippen LogP contribution in [0.2, 0.25) is 0 Å². The minimum atomic E-state index is -0.489. The molecular weight excluding hydrogens is 384 g/mol. The number of hydrogen-bond acceptors (Lipinski definition) is 4. The van der Waals surface area contributed by atoms with E-state index in [0.29, 0.717) is 11.1 Å². The number of nitrogens with one attached hydrogen (secondary N) is 1. The number of benzene rings is 2. The second kappa shape index (κ2) is 9.84. The quantitative estimate of drug-likeness (QED) is 0.386. The molecule has 0 saturated heterocycles. The Bertz CT molecular complexity index is 747. The smallest absolute Gasteiger partial charge is 0.275 e. The van der Waals surface area contributed by atoms with Gasteiger partial charge in [-0.05, 0) is 36.8 Å². The van der Waals surface area contributed by atoms with Gasteiger partial charge in [-0.3, -0.25) is 4.79 Å². The fraction of sp³-hybridized carbons (Fsp3) is 0.263. The Kier molecular flexibility index (Phi) is 7.47. The van der Waals surface area contributed by atoms with Crippen molar-refractivity contribution in [1.82, 2.24) is 5.43 Å². The molecule has 1 amide bonds. The molecule has 2 rings (SSSR count). The number of hydrazone groups is 1. The summed E-state index contributed by atoms with van der Waals surface area (Å²) >= 11 is 3.27. The van der Waals surface area contributed by atoms with Gasteiger partial charge in [-0.25, -0.2) is 5.43 Å². The number of phenolic OH excluding ortho intramolecular Hbond substituents is 1. The second-order valence-corrected chi connectivity index (χ2v) is 6.37. The van der Waals surface area contributed by atoms with Crippen LogP contribution < -0.4 is 10.2 Å². The highest BCUT2D eigenvalue weighted by Gasteiger charge is 2.10. The van der Waals surface area contributed by atoms with Crippen LogP contribution in [-0.4, -0.2) is 23.8 Å². The molecule has 5 nitrogen and oxygen atoms in total. The van der Waals surface area contributed by atoms with E-state index >= 15 is 0 Å². The van der Waals surface area contributed by atoms with Gasteiger partial charge < -0.3 is 9.84 Å². The van der Waals surface area contributed by atoms with Gasteiger partial charge in [0, 0.05) is 10.0 Å². The van der Waals surface area contributed by atoms with Gasteiger partial charge in [0.15, 0.2) is 0 Å². The minimum Gasteiger partial charge on any atom is -0.507 e. The predicted octanol–water partition coefficient (Wildman–Crippen LogP) is 4.49. The van der Waals surface area contributed by atoms with Crippen molar-refractivity contribution in [1.29, 1.82) is 0 Å². The summed E-state index contributed by atoms with van der Waals surface area (Å²) in [6, 6.07) is 12.1. The van der Waals surface area contributed by atoms with E-state index in [0.717, 1.165) is 30.6 Å². The zero-order chi connectivity index (χ0) is 18.1. The molecule has 2 aromatic rings. The zero-order valence-corrected chi connectivity index (χ0v) is 15.6. The highest BCUT2D eigenvalue weighted by atomic mass is 79.9. The molecule has 0 aliphatic rings. The Morgan fingerprint density at radius 2 is 2.08 bits per heavy atom. The molecule has 0 aliphatic carbocycles. The third-order valence-electron chi connectivity index (χ3n) is 3.50. The van der Waals surface area contributed by atoms with Crippen LogP contribution in [0.5, 0.6) is 11.5 Å². The van der Waals surface area contributed by atoms with E-state index in [2.05, 4.69) is 33.4 Å². The van der Waals surface area contributed by atoms with Gasteiger partial charge in [-0.1, -0.05) is 47.8 Å². The van der Waals surface area contributed by atoms with Gasteiger partial charge in [0.05, 0.1) is 18.4 Å². The normalized spacial score (nSPS) is 10.8. The first-order chi connectivity index (χ1) is 12.1.